The second-order valence-corrected chi connectivity index (χ2v) is 6.27. The molecule has 1 amide bonds. The van der Waals surface area contributed by atoms with E-state index >= 15 is 0 Å². The van der Waals surface area contributed by atoms with Gasteiger partial charge in [0.2, 0.25) is 5.91 Å². The van der Waals surface area contributed by atoms with Gasteiger partial charge in [-0.3, -0.25) is 4.79 Å². The van der Waals surface area contributed by atoms with E-state index < -0.39 is 0 Å². The van der Waals surface area contributed by atoms with Crippen molar-refractivity contribution in [2.24, 2.45) is 11.8 Å². The summed E-state index contributed by atoms with van der Waals surface area (Å²) in [5.74, 6) is 0.909. The first-order valence-corrected chi connectivity index (χ1v) is 7.71. The van der Waals surface area contributed by atoms with Crippen LogP contribution in [0.15, 0.2) is 0 Å². The van der Waals surface area contributed by atoms with Gasteiger partial charge in [0.05, 0.1) is 12.2 Å². The third kappa shape index (κ3) is 4.77. The number of nitrogens with one attached hydrogen (secondary N) is 1. The lowest BCUT2D eigenvalue weighted by atomic mass is 9.89. The molecule has 0 aromatic carbocycles. The summed E-state index contributed by atoms with van der Waals surface area (Å²) >= 11 is 0. The van der Waals surface area contributed by atoms with Crippen molar-refractivity contribution in [2.45, 2.75) is 64.1 Å². The minimum Gasteiger partial charge on any atom is -0.393 e. The van der Waals surface area contributed by atoms with Crippen LogP contribution in [-0.4, -0.2) is 36.4 Å². The first-order chi connectivity index (χ1) is 9.15. The van der Waals surface area contributed by atoms with Crippen LogP contribution in [0, 0.1) is 11.8 Å². The summed E-state index contributed by atoms with van der Waals surface area (Å²) in [6.45, 7) is 3.00. The van der Waals surface area contributed by atoms with E-state index in [2.05, 4.69) is 12.2 Å². The third-order valence-corrected chi connectivity index (χ3v) is 4.52. The molecule has 0 aromatic rings. The Hall–Kier alpha value is -0.610. The van der Waals surface area contributed by atoms with Gasteiger partial charge in [0.25, 0.3) is 0 Å². The van der Waals surface area contributed by atoms with Gasteiger partial charge < -0.3 is 15.2 Å². The molecular formula is C15H27NO3. The lowest BCUT2D eigenvalue weighted by Crippen LogP contribution is -2.36. The molecule has 0 aliphatic heterocycles. The summed E-state index contributed by atoms with van der Waals surface area (Å²) in [7, 11) is 0. The molecule has 0 radical (unpaired) electrons. The van der Waals surface area contributed by atoms with Crippen LogP contribution >= 0.6 is 0 Å². The minimum absolute atomic E-state index is 0.0441. The number of amides is 1. The molecular weight excluding hydrogens is 242 g/mol. The van der Waals surface area contributed by atoms with E-state index in [0.717, 1.165) is 38.0 Å². The second-order valence-electron chi connectivity index (χ2n) is 6.27. The van der Waals surface area contributed by atoms with E-state index in [1.54, 1.807) is 0 Å². The van der Waals surface area contributed by atoms with Crippen LogP contribution in [0.5, 0.6) is 0 Å². The van der Waals surface area contributed by atoms with E-state index in [-0.39, 0.29) is 30.6 Å². The van der Waals surface area contributed by atoms with Crippen LogP contribution in [-0.2, 0) is 9.53 Å². The minimum atomic E-state index is -0.236. The zero-order valence-electron chi connectivity index (χ0n) is 11.9. The van der Waals surface area contributed by atoms with Gasteiger partial charge in [-0.15, -0.1) is 0 Å². The van der Waals surface area contributed by atoms with Crippen molar-refractivity contribution in [3.05, 3.63) is 0 Å². The van der Waals surface area contributed by atoms with Gasteiger partial charge in [0, 0.05) is 12.5 Å². The van der Waals surface area contributed by atoms with E-state index in [4.69, 9.17) is 4.74 Å². The van der Waals surface area contributed by atoms with E-state index in [1.165, 1.54) is 12.8 Å². The summed E-state index contributed by atoms with van der Waals surface area (Å²) in [4.78, 5) is 11.7. The molecule has 2 aliphatic rings. The Morgan fingerprint density at radius 1 is 1.26 bits per heavy atom. The Morgan fingerprint density at radius 3 is 2.74 bits per heavy atom. The summed E-state index contributed by atoms with van der Waals surface area (Å²) < 4.78 is 5.68. The van der Waals surface area contributed by atoms with E-state index in [9.17, 15) is 9.90 Å². The number of hydrogen-bond acceptors (Lipinski definition) is 3. The molecule has 4 atom stereocenters. The maximum absolute atomic E-state index is 11.7. The van der Waals surface area contributed by atoms with E-state index in [0.29, 0.717) is 6.54 Å². The Balaban J connectivity index is 1.59. The summed E-state index contributed by atoms with van der Waals surface area (Å²) in [5, 5.41) is 12.6. The predicted molar refractivity (Wildman–Crippen MR) is 73.7 cm³/mol. The summed E-state index contributed by atoms with van der Waals surface area (Å²) in [6, 6.07) is 0. The fourth-order valence-electron chi connectivity index (χ4n) is 3.27. The normalized spacial score (nSPS) is 35.3. The Morgan fingerprint density at radius 2 is 2.05 bits per heavy atom. The number of hydrogen-bond donors (Lipinski definition) is 2. The fourth-order valence-corrected chi connectivity index (χ4v) is 3.27. The van der Waals surface area contributed by atoms with Gasteiger partial charge in [-0.25, -0.2) is 0 Å². The van der Waals surface area contributed by atoms with Crippen LogP contribution in [0.25, 0.3) is 0 Å². The third-order valence-electron chi connectivity index (χ3n) is 4.52. The molecule has 2 N–H and O–H groups in total. The average Bonchev–Trinajstić information content (AvgIpc) is 2.80. The fraction of sp³-hybridized carbons (Fsp3) is 0.933. The molecule has 2 saturated carbocycles. The molecule has 0 saturated heterocycles. The molecule has 0 bridgehead atoms. The predicted octanol–water partition coefficient (Wildman–Crippen LogP) is 1.86. The van der Waals surface area contributed by atoms with Crippen molar-refractivity contribution < 1.29 is 14.6 Å². The molecule has 4 unspecified atom stereocenters. The molecule has 4 nitrogen and oxygen atoms in total. The van der Waals surface area contributed by atoms with Crippen molar-refractivity contribution in [1.29, 1.82) is 0 Å². The van der Waals surface area contributed by atoms with Crippen LogP contribution < -0.4 is 5.32 Å². The molecule has 0 aromatic heterocycles. The van der Waals surface area contributed by atoms with Crippen molar-refractivity contribution in [1.82, 2.24) is 5.32 Å². The highest BCUT2D eigenvalue weighted by molar-refractivity contribution is 5.77. The molecule has 0 heterocycles. The first kappa shape index (κ1) is 14.8. The van der Waals surface area contributed by atoms with Crippen LogP contribution in [0.2, 0.25) is 0 Å². The topological polar surface area (TPSA) is 58.6 Å². The zero-order valence-corrected chi connectivity index (χ0v) is 11.9. The number of ether oxygens (including phenoxy) is 1. The molecule has 2 aliphatic carbocycles. The van der Waals surface area contributed by atoms with Crippen molar-refractivity contribution >= 4 is 5.91 Å². The Kier molecular flexibility index (Phi) is 5.64. The van der Waals surface area contributed by atoms with Gasteiger partial charge in [-0.05, 0) is 31.6 Å². The molecule has 19 heavy (non-hydrogen) atoms. The lowest BCUT2D eigenvalue weighted by molar-refractivity contribution is -0.129. The smallest absolute Gasteiger partial charge is 0.246 e. The van der Waals surface area contributed by atoms with Crippen molar-refractivity contribution in [2.75, 3.05) is 13.2 Å². The summed E-state index contributed by atoms with van der Waals surface area (Å²) in [5.41, 5.74) is 0. The van der Waals surface area contributed by atoms with E-state index in [1.807, 2.05) is 0 Å². The van der Waals surface area contributed by atoms with Crippen molar-refractivity contribution in [3.8, 4) is 0 Å². The average molecular weight is 269 g/mol. The van der Waals surface area contributed by atoms with Gasteiger partial charge in [0.15, 0.2) is 0 Å². The standard InChI is InChI=1S/C15H27NO3/c1-11-4-2-6-13(8-11)19-10-15(18)16-9-12-5-3-7-14(12)17/h11-14,17H,2-10H2,1H3,(H,16,18). The monoisotopic (exact) mass is 269 g/mol. The van der Waals surface area contributed by atoms with Gasteiger partial charge in [-0.1, -0.05) is 26.2 Å². The molecule has 4 heteroatoms. The first-order valence-electron chi connectivity index (χ1n) is 7.71. The van der Waals surface area contributed by atoms with Gasteiger partial charge in [-0.2, -0.15) is 0 Å². The number of aliphatic hydroxyl groups excluding tert-OH is 1. The number of aliphatic hydroxyl groups is 1. The van der Waals surface area contributed by atoms with Crippen LogP contribution in [0.4, 0.5) is 0 Å². The van der Waals surface area contributed by atoms with Gasteiger partial charge >= 0.3 is 0 Å². The Bertz CT molecular complexity index is 295. The van der Waals surface area contributed by atoms with Gasteiger partial charge in [0.1, 0.15) is 6.61 Å². The number of rotatable bonds is 5. The highest BCUT2D eigenvalue weighted by Gasteiger charge is 2.25. The van der Waals surface area contributed by atoms with Crippen LogP contribution in [0.3, 0.4) is 0 Å². The number of carbonyl (C=O) groups excluding carboxylic acids is 1. The maximum atomic E-state index is 11.7. The quantitative estimate of drug-likeness (QED) is 0.801. The highest BCUT2D eigenvalue weighted by Crippen LogP contribution is 2.26. The molecule has 0 spiro atoms. The zero-order chi connectivity index (χ0) is 13.7. The lowest BCUT2D eigenvalue weighted by Gasteiger charge is -2.26. The summed E-state index contributed by atoms with van der Waals surface area (Å²) in [6.07, 6.45) is 7.63. The maximum Gasteiger partial charge on any atom is 0.246 e. The molecule has 110 valence electrons. The molecule has 2 rings (SSSR count). The largest absolute Gasteiger partial charge is 0.393 e. The van der Waals surface area contributed by atoms with Crippen LogP contribution in [0.1, 0.15) is 51.9 Å². The SMILES string of the molecule is CC1CCCC(OCC(=O)NCC2CCCC2O)C1. The van der Waals surface area contributed by atoms with Crippen molar-refractivity contribution in [3.63, 3.8) is 0 Å². The molecule has 2 fully saturated rings. The second kappa shape index (κ2) is 7.25. The highest BCUT2D eigenvalue weighted by atomic mass is 16.5. The Labute approximate surface area is 115 Å². The number of carbonyl (C=O) groups is 1.